The second-order valence-electron chi connectivity index (χ2n) is 5.89. The van der Waals surface area contributed by atoms with E-state index in [0.29, 0.717) is 21.9 Å². The monoisotopic (exact) mass is 422 g/mol. The highest BCUT2D eigenvalue weighted by Crippen LogP contribution is 2.38. The number of ether oxygens (including phenoxy) is 2. The number of thioether (sulfide) groups is 1. The quantitative estimate of drug-likeness (QED) is 0.449. The lowest BCUT2D eigenvalue weighted by Gasteiger charge is -2.14. The Morgan fingerprint density at radius 1 is 1.03 bits per heavy atom. The van der Waals surface area contributed by atoms with Gasteiger partial charge in [-0.25, -0.2) is 23.7 Å². The lowest BCUT2D eigenvalue weighted by molar-refractivity contribution is 0.359. The molecule has 1 aromatic carbocycles. The van der Waals surface area contributed by atoms with Crippen molar-refractivity contribution in [3.05, 3.63) is 30.0 Å². The van der Waals surface area contributed by atoms with Crippen LogP contribution in [-0.4, -0.2) is 42.5 Å². The van der Waals surface area contributed by atoms with Gasteiger partial charge in [0.25, 0.3) is 0 Å². The molecule has 0 unspecified atom stereocenters. The molecular weight excluding hydrogens is 398 g/mol. The number of fused-ring (bicyclic) bond motifs is 1. The van der Waals surface area contributed by atoms with Gasteiger partial charge in [0.15, 0.2) is 34.1 Å². The van der Waals surface area contributed by atoms with Crippen LogP contribution >= 0.6 is 11.8 Å². The van der Waals surface area contributed by atoms with E-state index in [0.717, 1.165) is 6.07 Å². The summed E-state index contributed by atoms with van der Waals surface area (Å²) in [5.41, 5.74) is 0.300. The van der Waals surface area contributed by atoms with Gasteiger partial charge >= 0.3 is 0 Å². The third-order valence-corrected chi connectivity index (χ3v) is 4.35. The molecule has 1 N–H and O–H groups in total. The number of aromatic nitrogens is 3. The maximum atomic E-state index is 14.8. The van der Waals surface area contributed by atoms with Crippen LogP contribution in [0.25, 0.3) is 22.2 Å². The Kier molecular flexibility index (Phi) is 7.95. The Bertz CT molecular complexity index is 974. The lowest BCUT2D eigenvalue weighted by atomic mass is 10.1. The summed E-state index contributed by atoms with van der Waals surface area (Å²) in [6, 6.07) is 2.68. The number of hydrogen-bond donors (Lipinski definition) is 1. The maximum absolute atomic E-state index is 14.8. The number of rotatable bonds is 5. The van der Waals surface area contributed by atoms with Crippen LogP contribution in [-0.2, 0) is 0 Å². The van der Waals surface area contributed by atoms with Crippen molar-refractivity contribution in [1.82, 2.24) is 15.0 Å². The molecule has 156 valence electrons. The molecule has 0 aliphatic heterocycles. The number of nitrogens with zero attached hydrogens (tertiary/aromatic N) is 3. The van der Waals surface area contributed by atoms with Crippen molar-refractivity contribution in [3.8, 4) is 22.8 Å². The average Bonchev–Trinajstić information content (AvgIpc) is 2.73. The van der Waals surface area contributed by atoms with Crippen LogP contribution in [0.3, 0.4) is 0 Å². The van der Waals surface area contributed by atoms with E-state index >= 15 is 0 Å². The number of nitrogens with one attached hydrogen (secondary N) is 1. The van der Waals surface area contributed by atoms with Crippen LogP contribution in [0.15, 0.2) is 23.5 Å². The predicted octanol–water partition coefficient (Wildman–Crippen LogP) is 5.17. The van der Waals surface area contributed by atoms with Gasteiger partial charge in [-0.15, -0.1) is 0 Å². The van der Waals surface area contributed by atoms with E-state index < -0.39 is 11.6 Å². The highest BCUT2D eigenvalue weighted by molar-refractivity contribution is 7.98. The molecule has 2 aromatic heterocycles. The summed E-state index contributed by atoms with van der Waals surface area (Å²) in [6.45, 7) is 4.25. The van der Waals surface area contributed by atoms with Crippen molar-refractivity contribution in [2.45, 2.75) is 25.4 Å². The highest BCUT2D eigenvalue weighted by atomic mass is 32.2. The summed E-state index contributed by atoms with van der Waals surface area (Å²) in [5, 5.41) is 4.08. The summed E-state index contributed by atoms with van der Waals surface area (Å²) < 4.78 is 39.5. The third-order valence-electron chi connectivity index (χ3n) is 3.79. The molecule has 0 amide bonds. The molecule has 9 heteroatoms. The molecule has 0 fully saturated rings. The molecule has 0 aliphatic carbocycles. The second-order valence-corrected chi connectivity index (χ2v) is 6.67. The van der Waals surface area contributed by atoms with Gasteiger partial charge in [0.1, 0.15) is 5.52 Å². The second kappa shape index (κ2) is 10.2. The first-order chi connectivity index (χ1) is 13.9. The fraction of sp³-hybridized carbons (Fsp3) is 0.350. The first kappa shape index (κ1) is 22.6. The molecule has 3 aromatic rings. The Hall–Kier alpha value is -2.68. The van der Waals surface area contributed by atoms with Crippen molar-refractivity contribution >= 4 is 28.5 Å². The first-order valence-corrected chi connectivity index (χ1v) is 10.2. The Labute approximate surface area is 173 Å². The molecule has 0 bridgehead atoms. The van der Waals surface area contributed by atoms with E-state index in [1.807, 2.05) is 6.26 Å². The molecule has 0 radical (unpaired) electrons. The molecule has 0 atom stereocenters. The number of benzene rings is 1. The number of hydrogen-bond acceptors (Lipinski definition) is 7. The maximum Gasteiger partial charge on any atom is 0.187 e. The van der Waals surface area contributed by atoms with Gasteiger partial charge in [-0.05, 0) is 12.3 Å². The third kappa shape index (κ3) is 4.67. The van der Waals surface area contributed by atoms with Crippen molar-refractivity contribution in [2.75, 3.05) is 32.8 Å². The van der Waals surface area contributed by atoms with E-state index in [1.54, 1.807) is 13.2 Å². The van der Waals surface area contributed by atoms with Crippen LogP contribution in [0, 0.1) is 11.6 Å². The summed E-state index contributed by atoms with van der Waals surface area (Å²) in [5.74, 6) is -1.61. The molecule has 3 rings (SSSR count). The molecule has 29 heavy (non-hydrogen) atoms. The van der Waals surface area contributed by atoms with E-state index in [2.05, 4.69) is 34.1 Å². The van der Waals surface area contributed by atoms with Gasteiger partial charge in [-0.3, -0.25) is 0 Å². The zero-order valence-electron chi connectivity index (χ0n) is 17.3. The fourth-order valence-corrected chi connectivity index (χ4v) is 2.88. The molecule has 0 saturated carbocycles. The van der Waals surface area contributed by atoms with Crippen molar-refractivity contribution in [1.29, 1.82) is 0 Å². The van der Waals surface area contributed by atoms with E-state index in [9.17, 15) is 8.78 Å². The van der Waals surface area contributed by atoms with Crippen LogP contribution in [0.1, 0.15) is 20.3 Å². The van der Waals surface area contributed by atoms with Crippen molar-refractivity contribution in [2.24, 2.45) is 0 Å². The molecule has 0 saturated heterocycles. The van der Waals surface area contributed by atoms with Gasteiger partial charge < -0.3 is 14.8 Å². The number of anilines is 1. The van der Waals surface area contributed by atoms with E-state index in [-0.39, 0.29) is 22.8 Å². The Morgan fingerprint density at radius 3 is 2.10 bits per heavy atom. The van der Waals surface area contributed by atoms with Crippen LogP contribution in [0.4, 0.5) is 14.6 Å². The fourth-order valence-electron chi connectivity index (χ4n) is 2.53. The first-order valence-electron chi connectivity index (χ1n) is 8.95. The van der Waals surface area contributed by atoms with E-state index in [4.69, 9.17) is 9.47 Å². The molecule has 0 spiro atoms. The Balaban J connectivity index is 0.000000941. The van der Waals surface area contributed by atoms with Gasteiger partial charge in [0.2, 0.25) is 0 Å². The van der Waals surface area contributed by atoms with Crippen molar-refractivity contribution < 1.29 is 18.3 Å². The summed E-state index contributed by atoms with van der Waals surface area (Å²) in [4.78, 5) is 12.9. The number of methoxy groups -OCH3 is 2. The number of pyridine rings is 1. The Morgan fingerprint density at radius 2 is 1.62 bits per heavy atom. The van der Waals surface area contributed by atoms with E-state index in [1.165, 1.54) is 38.5 Å². The van der Waals surface area contributed by atoms with Gasteiger partial charge in [0, 0.05) is 24.7 Å². The molecule has 6 nitrogen and oxygen atoms in total. The van der Waals surface area contributed by atoms with Gasteiger partial charge in [-0.1, -0.05) is 32.0 Å². The van der Waals surface area contributed by atoms with Crippen LogP contribution in [0.2, 0.25) is 0 Å². The smallest absolute Gasteiger partial charge is 0.187 e. The standard InChI is InChI=1S/C17H16F2N4O2S.C3H8/c1-20-16-15-8(7-21-17(23-15)26-4)5-9(22-16)12-13(18)10(24-2)6-11(25-3)14(12)19;1-3-2/h5-7H,1-4H3,(H,20,22);3H2,1-2H3. The zero-order valence-corrected chi connectivity index (χ0v) is 18.1. The molecule has 0 aliphatic rings. The summed E-state index contributed by atoms with van der Waals surface area (Å²) in [7, 11) is 4.25. The lowest BCUT2D eigenvalue weighted by Crippen LogP contribution is -2.03. The normalized spacial score (nSPS) is 10.3. The highest BCUT2D eigenvalue weighted by Gasteiger charge is 2.23. The van der Waals surface area contributed by atoms with Gasteiger partial charge in [0.05, 0.1) is 25.5 Å². The SMILES string of the molecule is CCC.CNc1nc(-c2c(F)c(OC)cc(OC)c2F)cc2cnc(SC)nc12. The minimum absolute atomic E-state index is 0.0783. The van der Waals surface area contributed by atoms with Crippen LogP contribution < -0.4 is 14.8 Å². The number of halogens is 2. The molecule has 2 heterocycles. The summed E-state index contributed by atoms with van der Waals surface area (Å²) in [6.07, 6.45) is 4.70. The predicted molar refractivity (Wildman–Crippen MR) is 113 cm³/mol. The van der Waals surface area contributed by atoms with Crippen molar-refractivity contribution in [3.63, 3.8) is 0 Å². The minimum Gasteiger partial charge on any atom is -0.494 e. The minimum atomic E-state index is -0.860. The van der Waals surface area contributed by atoms with Gasteiger partial charge in [-0.2, -0.15) is 0 Å². The molecular formula is C20H24F2N4O2S. The van der Waals surface area contributed by atoms with Crippen LogP contribution in [0.5, 0.6) is 11.5 Å². The summed E-state index contributed by atoms with van der Waals surface area (Å²) >= 11 is 1.39. The zero-order chi connectivity index (χ0) is 21.6. The topological polar surface area (TPSA) is 69.2 Å². The largest absolute Gasteiger partial charge is 0.494 e. The average molecular weight is 423 g/mol.